The highest BCUT2D eigenvalue weighted by Gasteiger charge is 2.21. The summed E-state index contributed by atoms with van der Waals surface area (Å²) in [4.78, 5) is 4.42. The van der Waals surface area contributed by atoms with Crippen molar-refractivity contribution in [2.24, 2.45) is 0 Å². The summed E-state index contributed by atoms with van der Waals surface area (Å²) in [6.07, 6.45) is -0.252. The van der Waals surface area contributed by atoms with E-state index >= 15 is 0 Å². The van der Waals surface area contributed by atoms with Crippen LogP contribution < -0.4 is 20.1 Å². The second kappa shape index (κ2) is 9.01. The van der Waals surface area contributed by atoms with Gasteiger partial charge in [0.15, 0.2) is 11.5 Å². The van der Waals surface area contributed by atoms with E-state index in [1.807, 2.05) is 12.1 Å². The summed E-state index contributed by atoms with van der Waals surface area (Å²) in [5.41, 5.74) is 0.937. The van der Waals surface area contributed by atoms with Crippen LogP contribution in [0.5, 0.6) is 11.5 Å². The average Bonchev–Trinajstić information content (AvgIpc) is 3.26. The quantitative estimate of drug-likeness (QED) is 0.536. The van der Waals surface area contributed by atoms with Crippen LogP contribution in [0.25, 0.3) is 10.9 Å². The fourth-order valence-corrected chi connectivity index (χ4v) is 3.82. The first-order valence-corrected chi connectivity index (χ1v) is 10.1. The van der Waals surface area contributed by atoms with Crippen molar-refractivity contribution in [3.63, 3.8) is 0 Å². The number of methoxy groups -OCH3 is 1. The highest BCUT2D eigenvalue weighted by Crippen LogP contribution is 2.37. The molecule has 0 bridgehead atoms. The van der Waals surface area contributed by atoms with Crippen LogP contribution in [0.2, 0.25) is 0 Å². The number of hydrogen-bond donors (Lipinski definition) is 2. The van der Waals surface area contributed by atoms with E-state index in [0.717, 1.165) is 31.0 Å². The molecule has 1 aromatic heterocycles. The monoisotopic (exact) mass is 431 g/mol. The zero-order valence-corrected chi connectivity index (χ0v) is 17.3. The predicted octanol–water partition coefficient (Wildman–Crippen LogP) is 5.23. The molecule has 4 rings (SSSR count). The van der Waals surface area contributed by atoms with E-state index in [0.29, 0.717) is 22.7 Å². The van der Waals surface area contributed by atoms with Gasteiger partial charge in [-0.15, -0.1) is 0 Å². The van der Waals surface area contributed by atoms with Gasteiger partial charge in [-0.2, -0.15) is 0 Å². The number of fused-ring (bicyclic) bond motifs is 1. The molecule has 5 nitrogen and oxygen atoms in total. The van der Waals surface area contributed by atoms with Crippen LogP contribution in [0.4, 0.5) is 18.9 Å². The summed E-state index contributed by atoms with van der Waals surface area (Å²) >= 11 is 0. The number of nitrogens with zero attached hydrogens (tertiary/aromatic N) is 1. The molecule has 2 aromatic carbocycles. The lowest BCUT2D eigenvalue weighted by atomic mass is 10.0. The number of ether oxygens (including phenoxy) is 2. The van der Waals surface area contributed by atoms with Gasteiger partial charge < -0.3 is 20.1 Å². The van der Waals surface area contributed by atoms with Crippen molar-refractivity contribution in [1.29, 1.82) is 0 Å². The third-order valence-corrected chi connectivity index (χ3v) is 5.47. The maximum absolute atomic E-state index is 14.6. The Morgan fingerprint density at radius 3 is 2.68 bits per heavy atom. The lowest BCUT2D eigenvalue weighted by Crippen LogP contribution is -2.19. The first-order valence-electron chi connectivity index (χ1n) is 10.1. The molecule has 1 aliphatic heterocycles. The van der Waals surface area contributed by atoms with Crippen LogP contribution in [0, 0.1) is 5.82 Å². The molecule has 0 spiro atoms. The van der Waals surface area contributed by atoms with Gasteiger partial charge in [0.2, 0.25) is 0 Å². The van der Waals surface area contributed by atoms with Crippen molar-refractivity contribution in [3.8, 4) is 11.5 Å². The molecule has 2 heterocycles. The van der Waals surface area contributed by atoms with Crippen LogP contribution in [0.1, 0.15) is 36.9 Å². The van der Waals surface area contributed by atoms with Crippen molar-refractivity contribution in [1.82, 2.24) is 10.3 Å². The summed E-state index contributed by atoms with van der Waals surface area (Å²) < 4.78 is 52.3. The zero-order chi connectivity index (χ0) is 22.0. The van der Waals surface area contributed by atoms with Gasteiger partial charge in [-0.25, -0.2) is 13.2 Å². The molecule has 0 radical (unpaired) electrons. The molecule has 1 saturated heterocycles. The lowest BCUT2D eigenvalue weighted by Gasteiger charge is -2.20. The van der Waals surface area contributed by atoms with Crippen molar-refractivity contribution in [2.75, 3.05) is 25.5 Å². The largest absolute Gasteiger partial charge is 0.493 e. The summed E-state index contributed by atoms with van der Waals surface area (Å²) in [7, 11) is 1.57. The summed E-state index contributed by atoms with van der Waals surface area (Å²) in [5.74, 6) is 0.278. The van der Waals surface area contributed by atoms with Gasteiger partial charge >= 0.3 is 0 Å². The fraction of sp³-hybridized carbons (Fsp3) is 0.348. The van der Waals surface area contributed by atoms with E-state index in [-0.39, 0.29) is 11.7 Å². The minimum absolute atomic E-state index is 0.0674. The first kappa shape index (κ1) is 21.2. The smallest absolute Gasteiger partial charge is 0.266 e. The number of anilines is 1. The molecular formula is C23H24F3N3O2. The Morgan fingerprint density at radius 1 is 1.16 bits per heavy atom. The third-order valence-electron chi connectivity index (χ3n) is 5.47. The number of pyridine rings is 1. The maximum Gasteiger partial charge on any atom is 0.266 e. The molecule has 8 heteroatoms. The van der Waals surface area contributed by atoms with Crippen LogP contribution in [0.15, 0.2) is 42.6 Å². The first-order chi connectivity index (χ1) is 15.0. The molecular weight excluding hydrogens is 407 g/mol. The Labute approximate surface area is 178 Å². The number of halogens is 3. The van der Waals surface area contributed by atoms with E-state index < -0.39 is 23.8 Å². The van der Waals surface area contributed by atoms with Crippen molar-refractivity contribution in [2.45, 2.75) is 31.9 Å². The Hall–Kier alpha value is -3.00. The predicted molar refractivity (Wildman–Crippen MR) is 114 cm³/mol. The molecule has 1 aliphatic rings. The van der Waals surface area contributed by atoms with E-state index in [9.17, 15) is 13.2 Å². The van der Waals surface area contributed by atoms with Crippen LogP contribution in [-0.4, -0.2) is 31.3 Å². The highest BCUT2D eigenvalue weighted by atomic mass is 19.3. The molecule has 0 amide bonds. The Morgan fingerprint density at radius 2 is 1.97 bits per heavy atom. The van der Waals surface area contributed by atoms with Gasteiger partial charge in [0.1, 0.15) is 11.9 Å². The average molecular weight is 431 g/mol. The van der Waals surface area contributed by atoms with Gasteiger partial charge in [-0.05, 0) is 32.0 Å². The number of hydrogen-bond acceptors (Lipinski definition) is 5. The molecule has 0 aliphatic carbocycles. The normalized spacial score (nSPS) is 17.2. The van der Waals surface area contributed by atoms with E-state index in [1.54, 1.807) is 26.3 Å². The number of nitrogens with one attached hydrogen (secondary N) is 2. The Bertz CT molecular complexity index is 1070. The van der Waals surface area contributed by atoms with E-state index in [2.05, 4.69) is 15.6 Å². The molecule has 3 aromatic rings. The SMILES string of the molecule is COc1cc2c(N[C@H](C)c3cccc(C(F)F)c3F)ccnc2cc1OC1CCNC1. The standard InChI is InChI=1S/C23H24F3N3O2/c1-13(15-4-3-5-16(22(15)24)23(25)26)29-18-7-9-28-19-11-21(20(30-2)10-17(18)19)31-14-6-8-27-12-14/h3-5,7,9-11,13-14,23,27H,6,8,12H2,1-2H3,(H,28,29)/t13-,14?/m1/s1. The number of rotatable bonds is 7. The maximum atomic E-state index is 14.6. The number of alkyl halides is 2. The topological polar surface area (TPSA) is 55.4 Å². The summed E-state index contributed by atoms with van der Waals surface area (Å²) in [6, 6.07) is 8.90. The van der Waals surface area contributed by atoms with Gasteiger partial charge in [0.05, 0.1) is 24.2 Å². The fourth-order valence-electron chi connectivity index (χ4n) is 3.82. The molecule has 0 saturated carbocycles. The van der Waals surface area contributed by atoms with Crippen LogP contribution >= 0.6 is 0 Å². The minimum atomic E-state index is -2.87. The second-order valence-electron chi connectivity index (χ2n) is 7.53. The van der Waals surface area contributed by atoms with Crippen LogP contribution in [-0.2, 0) is 0 Å². The third kappa shape index (κ3) is 4.39. The van der Waals surface area contributed by atoms with Crippen molar-refractivity contribution >= 4 is 16.6 Å². The molecule has 1 unspecified atom stereocenters. The van der Waals surface area contributed by atoms with Gasteiger partial charge in [-0.3, -0.25) is 4.98 Å². The zero-order valence-electron chi connectivity index (χ0n) is 17.3. The van der Waals surface area contributed by atoms with Gasteiger partial charge in [0.25, 0.3) is 6.43 Å². The van der Waals surface area contributed by atoms with Crippen LogP contribution in [0.3, 0.4) is 0 Å². The molecule has 2 N–H and O–H groups in total. The highest BCUT2D eigenvalue weighted by molar-refractivity contribution is 5.93. The summed E-state index contributed by atoms with van der Waals surface area (Å²) in [6.45, 7) is 3.41. The van der Waals surface area contributed by atoms with Crippen molar-refractivity contribution in [3.05, 3.63) is 59.5 Å². The molecule has 2 atom stereocenters. The van der Waals surface area contributed by atoms with E-state index in [1.165, 1.54) is 12.1 Å². The van der Waals surface area contributed by atoms with Gasteiger partial charge in [0, 0.05) is 35.4 Å². The van der Waals surface area contributed by atoms with Crippen molar-refractivity contribution < 1.29 is 22.6 Å². The molecule has 31 heavy (non-hydrogen) atoms. The number of aromatic nitrogens is 1. The summed E-state index contributed by atoms with van der Waals surface area (Å²) in [5, 5.41) is 7.24. The van der Waals surface area contributed by atoms with E-state index in [4.69, 9.17) is 9.47 Å². The number of benzene rings is 2. The molecule has 164 valence electrons. The lowest BCUT2D eigenvalue weighted by molar-refractivity contribution is 0.146. The minimum Gasteiger partial charge on any atom is -0.493 e. The second-order valence-corrected chi connectivity index (χ2v) is 7.53. The Kier molecular flexibility index (Phi) is 6.18. The van der Waals surface area contributed by atoms with Gasteiger partial charge in [-0.1, -0.05) is 18.2 Å². The Balaban J connectivity index is 1.66. The molecule has 1 fully saturated rings.